The van der Waals surface area contributed by atoms with Crippen LogP contribution in [0.4, 0.5) is 0 Å². The molecule has 1 heterocycles. The summed E-state index contributed by atoms with van der Waals surface area (Å²) in [5.41, 5.74) is 5.81. The fraction of sp³-hybridized carbons (Fsp3) is 0.579. The van der Waals surface area contributed by atoms with Crippen molar-refractivity contribution in [1.29, 1.82) is 0 Å². The number of hydrogen-bond acceptors (Lipinski definition) is 4. The first-order valence-corrected chi connectivity index (χ1v) is 8.95. The number of carbonyl (C=O) groups excluding carboxylic acids is 2. The number of nitrogens with two attached hydrogens (primary N) is 1. The Labute approximate surface area is 161 Å². The van der Waals surface area contributed by atoms with Crippen LogP contribution in [0, 0.1) is 11.8 Å². The maximum absolute atomic E-state index is 12.8. The lowest BCUT2D eigenvalue weighted by atomic mass is 9.91. The van der Waals surface area contributed by atoms with Gasteiger partial charge in [-0.25, -0.2) is 0 Å². The largest absolute Gasteiger partial charge is 0.493 e. The number of likely N-dealkylation sites (tertiary alicyclic amines) is 1. The van der Waals surface area contributed by atoms with Gasteiger partial charge in [0, 0.05) is 32.1 Å². The molecule has 2 atom stereocenters. The summed E-state index contributed by atoms with van der Waals surface area (Å²) in [6.45, 7) is 8.98. The van der Waals surface area contributed by atoms with E-state index in [2.05, 4.69) is 24.1 Å². The summed E-state index contributed by atoms with van der Waals surface area (Å²) in [6.07, 6.45) is 0.346. The number of para-hydroxylation sites is 1. The molecule has 0 saturated carbocycles. The number of amides is 2. The molecule has 1 aliphatic heterocycles. The van der Waals surface area contributed by atoms with E-state index in [0.717, 1.165) is 13.1 Å². The molecule has 26 heavy (non-hydrogen) atoms. The number of rotatable bonds is 8. The Morgan fingerprint density at radius 2 is 2.00 bits per heavy atom. The molecule has 0 aromatic heterocycles. The predicted molar refractivity (Wildman–Crippen MR) is 105 cm³/mol. The van der Waals surface area contributed by atoms with E-state index in [4.69, 9.17) is 10.5 Å². The van der Waals surface area contributed by atoms with Crippen molar-refractivity contribution in [1.82, 2.24) is 10.2 Å². The highest BCUT2D eigenvalue weighted by Gasteiger charge is 2.35. The van der Waals surface area contributed by atoms with Gasteiger partial charge in [-0.2, -0.15) is 0 Å². The van der Waals surface area contributed by atoms with Crippen LogP contribution in [0.3, 0.4) is 0 Å². The zero-order chi connectivity index (χ0) is 18.4. The van der Waals surface area contributed by atoms with Gasteiger partial charge in [0.05, 0.1) is 12.2 Å². The SMILES string of the molecule is CCOc1ccccc1C(=O)N[C@H]1CN(CCC(N)=O)C[C@@H]1C(C)C.Cl. The summed E-state index contributed by atoms with van der Waals surface area (Å²) in [5, 5.41) is 3.17. The molecule has 1 aromatic carbocycles. The van der Waals surface area contributed by atoms with E-state index in [1.165, 1.54) is 0 Å². The molecular weight excluding hydrogens is 354 g/mol. The van der Waals surface area contributed by atoms with Crippen molar-refractivity contribution in [2.24, 2.45) is 17.6 Å². The Kier molecular flexibility index (Phi) is 8.88. The lowest BCUT2D eigenvalue weighted by Crippen LogP contribution is -2.42. The van der Waals surface area contributed by atoms with Crippen LogP contribution >= 0.6 is 12.4 Å². The molecule has 1 fully saturated rings. The van der Waals surface area contributed by atoms with Gasteiger partial charge in [-0.15, -0.1) is 12.4 Å². The van der Waals surface area contributed by atoms with Gasteiger partial charge in [0.25, 0.3) is 5.91 Å². The number of halogens is 1. The zero-order valence-electron chi connectivity index (χ0n) is 15.7. The standard InChI is InChI=1S/C19H29N3O3.ClH/c1-4-25-17-8-6-5-7-14(17)19(24)21-16-12-22(10-9-18(20)23)11-15(16)13(2)3;/h5-8,13,15-16H,4,9-12H2,1-3H3,(H2,20,23)(H,21,24);1H/t15-,16+;/m1./s1. The van der Waals surface area contributed by atoms with Crippen molar-refractivity contribution < 1.29 is 14.3 Å². The average Bonchev–Trinajstić information content (AvgIpc) is 2.97. The third-order valence-electron chi connectivity index (χ3n) is 4.72. The first-order chi connectivity index (χ1) is 11.9. The number of hydrogen-bond donors (Lipinski definition) is 2. The molecule has 2 amide bonds. The van der Waals surface area contributed by atoms with Crippen molar-refractivity contribution >= 4 is 24.2 Å². The third-order valence-corrected chi connectivity index (χ3v) is 4.72. The van der Waals surface area contributed by atoms with Gasteiger partial charge in [-0.1, -0.05) is 26.0 Å². The second kappa shape index (κ2) is 10.4. The van der Waals surface area contributed by atoms with Crippen LogP contribution in [-0.2, 0) is 4.79 Å². The molecule has 0 aliphatic carbocycles. The summed E-state index contributed by atoms with van der Waals surface area (Å²) in [4.78, 5) is 26.0. The molecule has 3 N–H and O–H groups in total. The maximum Gasteiger partial charge on any atom is 0.255 e. The highest BCUT2D eigenvalue weighted by atomic mass is 35.5. The van der Waals surface area contributed by atoms with Crippen LogP contribution in [0.2, 0.25) is 0 Å². The minimum absolute atomic E-state index is 0. The van der Waals surface area contributed by atoms with E-state index >= 15 is 0 Å². The number of carbonyl (C=O) groups is 2. The number of benzene rings is 1. The van der Waals surface area contributed by atoms with E-state index in [9.17, 15) is 9.59 Å². The van der Waals surface area contributed by atoms with Crippen LogP contribution in [0.1, 0.15) is 37.6 Å². The molecule has 7 heteroatoms. The zero-order valence-corrected chi connectivity index (χ0v) is 16.6. The summed E-state index contributed by atoms with van der Waals surface area (Å²) in [6, 6.07) is 7.34. The molecule has 6 nitrogen and oxygen atoms in total. The topological polar surface area (TPSA) is 84.7 Å². The van der Waals surface area contributed by atoms with Crippen molar-refractivity contribution in [3.05, 3.63) is 29.8 Å². The Morgan fingerprint density at radius 1 is 1.31 bits per heavy atom. The predicted octanol–water partition coefficient (Wildman–Crippen LogP) is 2.07. The van der Waals surface area contributed by atoms with E-state index in [0.29, 0.717) is 42.7 Å². The number of ether oxygens (including phenoxy) is 1. The van der Waals surface area contributed by atoms with Gasteiger partial charge < -0.3 is 20.7 Å². The fourth-order valence-electron chi connectivity index (χ4n) is 3.37. The van der Waals surface area contributed by atoms with Gasteiger partial charge in [0.2, 0.25) is 5.91 Å². The van der Waals surface area contributed by atoms with E-state index in [-0.39, 0.29) is 30.3 Å². The van der Waals surface area contributed by atoms with Crippen LogP contribution in [0.15, 0.2) is 24.3 Å². The van der Waals surface area contributed by atoms with Crippen molar-refractivity contribution in [3.63, 3.8) is 0 Å². The quantitative estimate of drug-likeness (QED) is 0.719. The number of nitrogens with zero attached hydrogens (tertiary/aromatic N) is 1. The van der Waals surface area contributed by atoms with E-state index < -0.39 is 0 Å². The highest BCUT2D eigenvalue weighted by molar-refractivity contribution is 5.97. The van der Waals surface area contributed by atoms with Gasteiger partial charge in [0.1, 0.15) is 5.75 Å². The molecule has 1 aliphatic rings. The van der Waals surface area contributed by atoms with Crippen molar-refractivity contribution in [2.45, 2.75) is 33.2 Å². The fourth-order valence-corrected chi connectivity index (χ4v) is 3.37. The lowest BCUT2D eigenvalue weighted by molar-refractivity contribution is -0.118. The van der Waals surface area contributed by atoms with E-state index in [1.807, 2.05) is 25.1 Å². The maximum atomic E-state index is 12.8. The Bertz CT molecular complexity index is 609. The first kappa shape index (κ1) is 22.3. The highest BCUT2D eigenvalue weighted by Crippen LogP contribution is 2.26. The number of nitrogens with one attached hydrogen (secondary N) is 1. The molecule has 1 saturated heterocycles. The van der Waals surface area contributed by atoms with Crippen LogP contribution in [0.25, 0.3) is 0 Å². The summed E-state index contributed by atoms with van der Waals surface area (Å²) >= 11 is 0. The van der Waals surface area contributed by atoms with Gasteiger partial charge in [-0.05, 0) is 30.9 Å². The average molecular weight is 384 g/mol. The van der Waals surface area contributed by atoms with Crippen LogP contribution in [0.5, 0.6) is 5.75 Å². The second-order valence-corrected chi connectivity index (χ2v) is 6.89. The smallest absolute Gasteiger partial charge is 0.255 e. The van der Waals surface area contributed by atoms with Crippen LogP contribution in [-0.4, -0.2) is 49.0 Å². The Balaban J connectivity index is 0.00000338. The second-order valence-electron chi connectivity index (χ2n) is 6.89. The minimum atomic E-state index is -0.292. The summed E-state index contributed by atoms with van der Waals surface area (Å²) in [5.74, 6) is 0.977. The monoisotopic (exact) mass is 383 g/mol. The molecule has 0 spiro atoms. The first-order valence-electron chi connectivity index (χ1n) is 8.95. The van der Waals surface area contributed by atoms with Gasteiger partial charge >= 0.3 is 0 Å². The van der Waals surface area contributed by atoms with Gasteiger partial charge in [0.15, 0.2) is 0 Å². The van der Waals surface area contributed by atoms with E-state index in [1.54, 1.807) is 6.07 Å². The molecule has 0 unspecified atom stereocenters. The normalized spacial score (nSPS) is 19.8. The Morgan fingerprint density at radius 3 is 2.62 bits per heavy atom. The van der Waals surface area contributed by atoms with Crippen molar-refractivity contribution in [2.75, 3.05) is 26.2 Å². The molecular formula is C19H30ClN3O3. The summed E-state index contributed by atoms with van der Waals surface area (Å²) < 4.78 is 5.56. The van der Waals surface area contributed by atoms with Crippen molar-refractivity contribution in [3.8, 4) is 5.75 Å². The molecule has 1 aromatic rings. The van der Waals surface area contributed by atoms with Crippen LogP contribution < -0.4 is 15.8 Å². The molecule has 0 radical (unpaired) electrons. The van der Waals surface area contributed by atoms with Gasteiger partial charge in [-0.3, -0.25) is 9.59 Å². The third kappa shape index (κ3) is 5.88. The lowest BCUT2D eigenvalue weighted by Gasteiger charge is -2.23. The summed E-state index contributed by atoms with van der Waals surface area (Å²) in [7, 11) is 0. The minimum Gasteiger partial charge on any atom is -0.493 e. The molecule has 146 valence electrons. The molecule has 0 bridgehead atoms. The Hall–Kier alpha value is -1.79. The molecule has 2 rings (SSSR count). The number of primary amides is 1.